The average Bonchev–Trinajstić information content (AvgIpc) is 2.07. The first-order valence-electron chi connectivity index (χ1n) is 3.92. The van der Waals surface area contributed by atoms with E-state index in [0.717, 1.165) is 0 Å². The molecule has 0 amide bonds. The van der Waals surface area contributed by atoms with Gasteiger partial charge in [0.1, 0.15) is 5.75 Å². The van der Waals surface area contributed by atoms with Crippen molar-refractivity contribution in [3.05, 3.63) is 23.8 Å². The molecule has 6 heteroatoms. The molecule has 14 heavy (non-hydrogen) atoms. The zero-order valence-corrected chi connectivity index (χ0v) is 7.45. The minimum Gasteiger partial charge on any atom is -0.435 e. The number of benzene rings is 1. The van der Waals surface area contributed by atoms with Gasteiger partial charge >= 0.3 is 13.7 Å². The van der Waals surface area contributed by atoms with Gasteiger partial charge in [0.25, 0.3) is 0 Å². The van der Waals surface area contributed by atoms with Crippen LogP contribution in [-0.4, -0.2) is 23.8 Å². The van der Waals surface area contributed by atoms with Crippen molar-refractivity contribution in [3.63, 3.8) is 0 Å². The molecular formula is C8H9BF2O3. The predicted octanol–water partition coefficient (Wildman–Crippen LogP) is 0.276. The van der Waals surface area contributed by atoms with Crippen molar-refractivity contribution in [1.29, 1.82) is 0 Å². The second-order valence-corrected chi connectivity index (χ2v) is 2.77. The van der Waals surface area contributed by atoms with E-state index in [1.54, 1.807) is 6.92 Å². The second-order valence-electron chi connectivity index (χ2n) is 2.77. The summed E-state index contributed by atoms with van der Waals surface area (Å²) in [6.45, 7) is -1.28. The van der Waals surface area contributed by atoms with E-state index < -0.39 is 13.7 Å². The first kappa shape index (κ1) is 10.9. The van der Waals surface area contributed by atoms with Gasteiger partial charge in [-0.1, -0.05) is 11.6 Å². The molecule has 2 N–H and O–H groups in total. The molecule has 1 aromatic rings. The van der Waals surface area contributed by atoms with Crippen LogP contribution in [0.3, 0.4) is 0 Å². The van der Waals surface area contributed by atoms with Crippen LogP contribution in [-0.2, 0) is 0 Å². The van der Waals surface area contributed by atoms with Crippen LogP contribution < -0.4 is 10.2 Å². The van der Waals surface area contributed by atoms with Crippen LogP contribution in [0, 0.1) is 6.92 Å². The summed E-state index contributed by atoms with van der Waals surface area (Å²) < 4.78 is 27.7. The van der Waals surface area contributed by atoms with E-state index >= 15 is 0 Å². The molecule has 0 heterocycles. The molecule has 0 spiro atoms. The van der Waals surface area contributed by atoms with Crippen molar-refractivity contribution in [2.45, 2.75) is 13.5 Å². The van der Waals surface area contributed by atoms with E-state index in [1.165, 1.54) is 18.2 Å². The molecule has 0 aliphatic rings. The van der Waals surface area contributed by atoms with Crippen molar-refractivity contribution in [2.75, 3.05) is 0 Å². The largest absolute Gasteiger partial charge is 0.488 e. The highest BCUT2D eigenvalue weighted by Gasteiger charge is 2.15. The van der Waals surface area contributed by atoms with E-state index in [2.05, 4.69) is 4.74 Å². The highest BCUT2D eigenvalue weighted by atomic mass is 19.3. The van der Waals surface area contributed by atoms with E-state index in [-0.39, 0.29) is 11.2 Å². The third-order valence-electron chi connectivity index (χ3n) is 1.75. The lowest BCUT2D eigenvalue weighted by molar-refractivity contribution is -0.0498. The number of hydrogen-bond donors (Lipinski definition) is 2. The summed E-state index contributed by atoms with van der Waals surface area (Å²) in [6, 6.07) is 3.99. The number of alkyl halides is 2. The van der Waals surface area contributed by atoms with Crippen LogP contribution in [0.1, 0.15) is 5.56 Å². The Kier molecular flexibility index (Phi) is 3.43. The zero-order valence-electron chi connectivity index (χ0n) is 7.45. The molecule has 0 fully saturated rings. The predicted molar refractivity (Wildman–Crippen MR) is 47.6 cm³/mol. The molecule has 0 aliphatic heterocycles. The highest BCUT2D eigenvalue weighted by molar-refractivity contribution is 6.59. The van der Waals surface area contributed by atoms with E-state index in [9.17, 15) is 8.78 Å². The summed E-state index contributed by atoms with van der Waals surface area (Å²) in [5.41, 5.74) is 0.754. The molecule has 0 bridgehead atoms. The number of ether oxygens (including phenoxy) is 1. The molecule has 0 radical (unpaired) electrons. The van der Waals surface area contributed by atoms with Gasteiger partial charge in [-0.05, 0) is 24.5 Å². The Morgan fingerprint density at radius 1 is 1.36 bits per heavy atom. The quantitative estimate of drug-likeness (QED) is 0.692. The molecule has 0 saturated carbocycles. The Labute approximate surface area is 80.1 Å². The van der Waals surface area contributed by atoms with Crippen LogP contribution >= 0.6 is 0 Å². The standard InChI is InChI=1S/C8H9BF2O3/c1-5-2-3-6(14-8(10)11)4-7(5)9(12)13/h2-4,8,12-13H,1H3. The molecule has 0 aromatic heterocycles. The maximum absolute atomic E-state index is 11.8. The molecule has 1 aromatic carbocycles. The van der Waals surface area contributed by atoms with E-state index in [1.807, 2.05) is 0 Å². The van der Waals surface area contributed by atoms with E-state index in [0.29, 0.717) is 5.56 Å². The third-order valence-corrected chi connectivity index (χ3v) is 1.75. The van der Waals surface area contributed by atoms with E-state index in [4.69, 9.17) is 10.0 Å². The van der Waals surface area contributed by atoms with Crippen LogP contribution in [0.5, 0.6) is 5.75 Å². The SMILES string of the molecule is Cc1ccc(OC(F)F)cc1B(O)O. The maximum atomic E-state index is 11.8. The number of aryl methyl sites for hydroxylation is 1. The fraction of sp³-hybridized carbons (Fsp3) is 0.250. The minimum absolute atomic E-state index is 0.0892. The first-order chi connectivity index (χ1) is 6.50. The van der Waals surface area contributed by atoms with Gasteiger partial charge in [-0.15, -0.1) is 0 Å². The van der Waals surface area contributed by atoms with Crippen molar-refractivity contribution in [3.8, 4) is 5.75 Å². The molecule has 0 atom stereocenters. The zero-order chi connectivity index (χ0) is 10.7. The lowest BCUT2D eigenvalue weighted by atomic mass is 9.77. The summed E-state index contributed by atoms with van der Waals surface area (Å²) in [4.78, 5) is 0. The molecule has 0 aliphatic carbocycles. The number of halogens is 2. The van der Waals surface area contributed by atoms with Crippen LogP contribution in [0.25, 0.3) is 0 Å². The van der Waals surface area contributed by atoms with Gasteiger partial charge < -0.3 is 14.8 Å². The Hall–Kier alpha value is -1.14. The highest BCUT2D eigenvalue weighted by Crippen LogP contribution is 2.13. The topological polar surface area (TPSA) is 49.7 Å². The summed E-state index contributed by atoms with van der Waals surface area (Å²) in [6.07, 6.45) is 0. The third kappa shape index (κ3) is 2.68. The second kappa shape index (κ2) is 4.39. The van der Waals surface area contributed by atoms with Gasteiger partial charge in [0.05, 0.1) is 0 Å². The Morgan fingerprint density at radius 3 is 2.50 bits per heavy atom. The molecule has 1 rings (SSSR count). The number of rotatable bonds is 3. The summed E-state index contributed by atoms with van der Waals surface area (Å²) >= 11 is 0. The molecular weight excluding hydrogens is 193 g/mol. The fourth-order valence-electron chi connectivity index (χ4n) is 1.07. The average molecular weight is 202 g/mol. The van der Waals surface area contributed by atoms with Gasteiger partial charge in [0.2, 0.25) is 0 Å². The fourth-order valence-corrected chi connectivity index (χ4v) is 1.07. The van der Waals surface area contributed by atoms with Gasteiger partial charge in [-0.25, -0.2) is 0 Å². The Morgan fingerprint density at radius 2 is 2.00 bits per heavy atom. The van der Waals surface area contributed by atoms with Gasteiger partial charge in [0.15, 0.2) is 0 Å². The summed E-state index contributed by atoms with van der Waals surface area (Å²) in [5.74, 6) is -0.0892. The van der Waals surface area contributed by atoms with Gasteiger partial charge in [0, 0.05) is 0 Å². The van der Waals surface area contributed by atoms with Crippen molar-refractivity contribution in [1.82, 2.24) is 0 Å². The normalized spacial score (nSPS) is 10.4. The van der Waals surface area contributed by atoms with Gasteiger partial charge in [-0.3, -0.25) is 0 Å². The Balaban J connectivity index is 2.94. The lowest BCUT2D eigenvalue weighted by Gasteiger charge is -2.08. The molecule has 0 unspecified atom stereocenters. The van der Waals surface area contributed by atoms with Crippen molar-refractivity contribution >= 4 is 12.6 Å². The maximum Gasteiger partial charge on any atom is 0.488 e. The smallest absolute Gasteiger partial charge is 0.435 e. The van der Waals surface area contributed by atoms with Gasteiger partial charge in [-0.2, -0.15) is 8.78 Å². The number of hydrogen-bond acceptors (Lipinski definition) is 3. The van der Waals surface area contributed by atoms with Crippen LogP contribution in [0.2, 0.25) is 0 Å². The summed E-state index contributed by atoms with van der Waals surface area (Å²) in [5, 5.41) is 17.8. The molecule has 0 saturated heterocycles. The Bertz CT molecular complexity index is 317. The van der Waals surface area contributed by atoms with Crippen LogP contribution in [0.4, 0.5) is 8.78 Å². The van der Waals surface area contributed by atoms with Crippen LogP contribution in [0.15, 0.2) is 18.2 Å². The van der Waals surface area contributed by atoms with Crippen molar-refractivity contribution in [2.24, 2.45) is 0 Å². The monoisotopic (exact) mass is 202 g/mol. The first-order valence-corrected chi connectivity index (χ1v) is 3.92. The summed E-state index contributed by atoms with van der Waals surface area (Å²) in [7, 11) is -1.68. The van der Waals surface area contributed by atoms with Crippen molar-refractivity contribution < 1.29 is 23.6 Å². The lowest BCUT2D eigenvalue weighted by Crippen LogP contribution is -2.32. The molecule has 3 nitrogen and oxygen atoms in total. The minimum atomic E-state index is -2.92. The molecule has 76 valence electrons.